The molecule has 0 aromatic heterocycles. The van der Waals surface area contributed by atoms with E-state index < -0.39 is 6.04 Å². The van der Waals surface area contributed by atoms with Crippen LogP contribution in [0.4, 0.5) is 0 Å². The molecule has 4 heteroatoms. The van der Waals surface area contributed by atoms with E-state index in [-0.39, 0.29) is 17.1 Å². The van der Waals surface area contributed by atoms with Crippen LogP contribution >= 0.6 is 0 Å². The Balaban J connectivity index is 3.76. The van der Waals surface area contributed by atoms with Crippen molar-refractivity contribution < 1.29 is 9.59 Å². The molecule has 0 radical (unpaired) electrons. The summed E-state index contributed by atoms with van der Waals surface area (Å²) in [6.45, 7) is 6.06. The minimum Gasteiger partial charge on any atom is -0.370 e. The standard InChI is InChI=1S/C12H24N2O2/c1-12(2,3)8-10(15)9(13)6-4-5-7-11(14)16/h9H,4-8,13H2,1-3H3,(H2,14,16)/t9-/m1/s1. The van der Waals surface area contributed by atoms with Crippen molar-refractivity contribution in [1.29, 1.82) is 0 Å². The first-order valence-corrected chi connectivity index (χ1v) is 5.79. The summed E-state index contributed by atoms with van der Waals surface area (Å²) in [7, 11) is 0. The summed E-state index contributed by atoms with van der Waals surface area (Å²) in [4.78, 5) is 22.2. The van der Waals surface area contributed by atoms with Gasteiger partial charge in [0.15, 0.2) is 0 Å². The van der Waals surface area contributed by atoms with Crippen molar-refractivity contribution >= 4 is 11.7 Å². The molecule has 0 heterocycles. The van der Waals surface area contributed by atoms with E-state index in [4.69, 9.17) is 11.5 Å². The molecule has 1 atom stereocenters. The lowest BCUT2D eigenvalue weighted by atomic mass is 9.87. The van der Waals surface area contributed by atoms with Crippen molar-refractivity contribution in [2.75, 3.05) is 0 Å². The molecule has 0 saturated heterocycles. The number of hydrogen-bond donors (Lipinski definition) is 2. The Hall–Kier alpha value is -0.900. The summed E-state index contributed by atoms with van der Waals surface area (Å²) >= 11 is 0. The number of rotatable bonds is 7. The van der Waals surface area contributed by atoms with Gasteiger partial charge in [0.1, 0.15) is 5.78 Å². The topological polar surface area (TPSA) is 86.2 Å². The quantitative estimate of drug-likeness (QED) is 0.645. The Morgan fingerprint density at radius 3 is 2.19 bits per heavy atom. The molecule has 0 aromatic carbocycles. The van der Waals surface area contributed by atoms with Crippen LogP contribution in [0.25, 0.3) is 0 Å². The lowest BCUT2D eigenvalue weighted by molar-refractivity contribution is -0.122. The molecule has 0 aliphatic rings. The van der Waals surface area contributed by atoms with E-state index in [1.165, 1.54) is 0 Å². The lowest BCUT2D eigenvalue weighted by Crippen LogP contribution is -2.33. The predicted octanol–water partition coefficient (Wildman–Crippen LogP) is 1.36. The highest BCUT2D eigenvalue weighted by Crippen LogP contribution is 2.20. The van der Waals surface area contributed by atoms with E-state index >= 15 is 0 Å². The van der Waals surface area contributed by atoms with Gasteiger partial charge in [0, 0.05) is 12.8 Å². The van der Waals surface area contributed by atoms with Crippen molar-refractivity contribution in [1.82, 2.24) is 0 Å². The predicted molar refractivity (Wildman–Crippen MR) is 64.7 cm³/mol. The highest BCUT2D eigenvalue weighted by Gasteiger charge is 2.20. The van der Waals surface area contributed by atoms with Crippen molar-refractivity contribution in [2.45, 2.75) is 58.9 Å². The van der Waals surface area contributed by atoms with Gasteiger partial charge in [0.05, 0.1) is 6.04 Å². The van der Waals surface area contributed by atoms with Crippen molar-refractivity contribution in [3.63, 3.8) is 0 Å². The molecule has 0 fully saturated rings. The monoisotopic (exact) mass is 228 g/mol. The molecule has 0 spiro atoms. The number of carbonyl (C=O) groups excluding carboxylic acids is 2. The van der Waals surface area contributed by atoms with Gasteiger partial charge in [-0.2, -0.15) is 0 Å². The number of unbranched alkanes of at least 4 members (excludes halogenated alkanes) is 1. The summed E-state index contributed by atoms with van der Waals surface area (Å²) in [5.74, 6) is -0.193. The molecule has 4 N–H and O–H groups in total. The molecule has 4 nitrogen and oxygen atoms in total. The molecular weight excluding hydrogens is 204 g/mol. The zero-order valence-corrected chi connectivity index (χ0v) is 10.6. The minimum atomic E-state index is -0.396. The lowest BCUT2D eigenvalue weighted by Gasteiger charge is -2.19. The van der Waals surface area contributed by atoms with Crippen LogP contribution in [0.5, 0.6) is 0 Å². The SMILES string of the molecule is CC(C)(C)CC(=O)[C@H](N)CCCCC(N)=O. The van der Waals surface area contributed by atoms with Gasteiger partial charge in [-0.1, -0.05) is 27.2 Å². The van der Waals surface area contributed by atoms with Crippen molar-refractivity contribution in [2.24, 2.45) is 16.9 Å². The largest absolute Gasteiger partial charge is 0.370 e. The van der Waals surface area contributed by atoms with Gasteiger partial charge in [0.25, 0.3) is 0 Å². The maximum Gasteiger partial charge on any atom is 0.217 e. The molecule has 0 bridgehead atoms. The third kappa shape index (κ3) is 8.41. The van der Waals surface area contributed by atoms with Gasteiger partial charge in [-0.05, 0) is 18.3 Å². The first kappa shape index (κ1) is 15.1. The first-order valence-electron chi connectivity index (χ1n) is 5.79. The highest BCUT2D eigenvalue weighted by molar-refractivity contribution is 5.84. The fourth-order valence-corrected chi connectivity index (χ4v) is 1.48. The third-order valence-corrected chi connectivity index (χ3v) is 2.31. The maximum absolute atomic E-state index is 11.7. The Morgan fingerprint density at radius 2 is 1.75 bits per heavy atom. The number of primary amides is 1. The van der Waals surface area contributed by atoms with Crippen LogP contribution in [-0.2, 0) is 9.59 Å². The molecule has 0 aliphatic heterocycles. The van der Waals surface area contributed by atoms with E-state index in [1.54, 1.807) is 0 Å². The number of amides is 1. The molecule has 0 rings (SSSR count). The van der Waals surface area contributed by atoms with Crippen LogP contribution in [0.1, 0.15) is 52.9 Å². The summed E-state index contributed by atoms with van der Waals surface area (Å²) in [6.07, 6.45) is 3.01. The fourth-order valence-electron chi connectivity index (χ4n) is 1.48. The summed E-state index contributed by atoms with van der Waals surface area (Å²) in [5.41, 5.74) is 10.8. The second kappa shape index (κ2) is 6.63. The van der Waals surface area contributed by atoms with Crippen molar-refractivity contribution in [3.8, 4) is 0 Å². The van der Waals surface area contributed by atoms with E-state index in [0.717, 1.165) is 6.42 Å². The average molecular weight is 228 g/mol. The summed E-state index contributed by atoms with van der Waals surface area (Å²) < 4.78 is 0. The Labute approximate surface area is 97.8 Å². The minimum absolute atomic E-state index is 0.0120. The maximum atomic E-state index is 11.7. The highest BCUT2D eigenvalue weighted by atomic mass is 16.1. The van der Waals surface area contributed by atoms with E-state index in [9.17, 15) is 9.59 Å². The van der Waals surface area contributed by atoms with Crippen LogP contribution in [0.3, 0.4) is 0 Å². The average Bonchev–Trinajstić information content (AvgIpc) is 2.08. The second-order valence-corrected chi connectivity index (χ2v) is 5.52. The number of Topliss-reactive ketones (excluding diaryl/α,β-unsaturated/α-hetero) is 1. The van der Waals surface area contributed by atoms with Crippen LogP contribution in [0.15, 0.2) is 0 Å². The van der Waals surface area contributed by atoms with E-state index in [2.05, 4.69) is 0 Å². The van der Waals surface area contributed by atoms with Crippen LogP contribution < -0.4 is 11.5 Å². The zero-order chi connectivity index (χ0) is 12.8. The molecule has 0 aliphatic carbocycles. The van der Waals surface area contributed by atoms with Gasteiger partial charge in [-0.25, -0.2) is 0 Å². The molecular formula is C12H24N2O2. The van der Waals surface area contributed by atoms with Crippen molar-refractivity contribution in [3.05, 3.63) is 0 Å². The Kier molecular flexibility index (Phi) is 6.26. The third-order valence-electron chi connectivity index (χ3n) is 2.31. The van der Waals surface area contributed by atoms with Gasteiger partial charge < -0.3 is 11.5 Å². The molecule has 0 unspecified atom stereocenters. The van der Waals surface area contributed by atoms with Gasteiger partial charge >= 0.3 is 0 Å². The smallest absolute Gasteiger partial charge is 0.217 e. The number of hydrogen-bond acceptors (Lipinski definition) is 3. The summed E-state index contributed by atoms with van der Waals surface area (Å²) in [6, 6.07) is -0.396. The first-order chi connectivity index (χ1) is 7.22. The molecule has 94 valence electrons. The van der Waals surface area contributed by atoms with E-state index in [1.807, 2.05) is 20.8 Å². The second-order valence-electron chi connectivity index (χ2n) is 5.52. The molecule has 16 heavy (non-hydrogen) atoms. The number of carbonyl (C=O) groups is 2. The fraction of sp³-hybridized carbons (Fsp3) is 0.833. The summed E-state index contributed by atoms with van der Waals surface area (Å²) in [5, 5.41) is 0. The Bertz CT molecular complexity index is 244. The number of nitrogens with two attached hydrogens (primary N) is 2. The molecule has 0 aromatic rings. The van der Waals surface area contributed by atoms with E-state index in [0.29, 0.717) is 25.7 Å². The van der Waals surface area contributed by atoms with Gasteiger partial charge in [-0.3, -0.25) is 9.59 Å². The van der Waals surface area contributed by atoms with Crippen LogP contribution in [0.2, 0.25) is 0 Å². The van der Waals surface area contributed by atoms with Crippen LogP contribution in [-0.4, -0.2) is 17.7 Å². The van der Waals surface area contributed by atoms with Gasteiger partial charge in [0.2, 0.25) is 5.91 Å². The van der Waals surface area contributed by atoms with Gasteiger partial charge in [-0.15, -0.1) is 0 Å². The van der Waals surface area contributed by atoms with Crippen LogP contribution in [0, 0.1) is 5.41 Å². The molecule has 0 saturated carbocycles. The normalized spacial score (nSPS) is 13.5. The molecule has 1 amide bonds. The Morgan fingerprint density at radius 1 is 1.19 bits per heavy atom. The number of ketones is 1. The zero-order valence-electron chi connectivity index (χ0n) is 10.6.